The van der Waals surface area contributed by atoms with Crippen LogP contribution in [0.2, 0.25) is 10.0 Å². The van der Waals surface area contributed by atoms with Crippen LogP contribution < -0.4 is 16.0 Å². The van der Waals surface area contributed by atoms with E-state index in [0.717, 1.165) is 0 Å². The van der Waals surface area contributed by atoms with Crippen molar-refractivity contribution < 1.29 is 4.79 Å². The van der Waals surface area contributed by atoms with Crippen molar-refractivity contribution in [3.05, 3.63) is 40.5 Å². The first-order valence-electron chi connectivity index (χ1n) is 9.13. The van der Waals surface area contributed by atoms with Gasteiger partial charge in [-0.05, 0) is 45.9 Å². The van der Waals surface area contributed by atoms with Crippen molar-refractivity contribution in [2.24, 2.45) is 0 Å². The number of benzene rings is 1. The van der Waals surface area contributed by atoms with Crippen LogP contribution in [0.5, 0.6) is 0 Å². The summed E-state index contributed by atoms with van der Waals surface area (Å²) in [7, 11) is 0. The Morgan fingerprint density at radius 3 is 2.45 bits per heavy atom. The van der Waals surface area contributed by atoms with E-state index in [1.807, 2.05) is 33.8 Å². The van der Waals surface area contributed by atoms with E-state index in [2.05, 4.69) is 30.9 Å². The third-order valence-corrected chi connectivity index (χ3v) is 4.49. The van der Waals surface area contributed by atoms with Gasteiger partial charge in [-0.3, -0.25) is 5.32 Å². The molecule has 0 unspecified atom stereocenters. The van der Waals surface area contributed by atoms with Crippen molar-refractivity contribution in [1.82, 2.24) is 20.3 Å². The zero-order valence-electron chi connectivity index (χ0n) is 16.6. The molecule has 2 heterocycles. The molecule has 0 saturated carbocycles. The average molecular weight is 433 g/mol. The Kier molecular flexibility index (Phi) is 6.10. The van der Waals surface area contributed by atoms with Crippen LogP contribution in [0, 0.1) is 0 Å². The van der Waals surface area contributed by atoms with Gasteiger partial charge in [-0.2, -0.15) is 4.98 Å². The number of carbonyl (C=O) groups excluding carboxylic acids is 1. The summed E-state index contributed by atoms with van der Waals surface area (Å²) in [6, 6.07) is 6.65. The molecule has 152 valence electrons. The molecule has 2 aromatic heterocycles. The van der Waals surface area contributed by atoms with Crippen LogP contribution >= 0.6 is 23.2 Å². The maximum absolute atomic E-state index is 12.5. The number of halogens is 2. The van der Waals surface area contributed by atoms with Crippen LogP contribution in [-0.4, -0.2) is 33.1 Å². The van der Waals surface area contributed by atoms with Crippen LogP contribution in [0.1, 0.15) is 27.7 Å². The van der Waals surface area contributed by atoms with Crippen LogP contribution in [0.15, 0.2) is 30.5 Å². The number of nitrogens with zero attached hydrogens (tertiary/aromatic N) is 3. The minimum Gasteiger partial charge on any atom is -0.354 e. The first-order chi connectivity index (χ1) is 13.7. The van der Waals surface area contributed by atoms with Gasteiger partial charge in [0.1, 0.15) is 5.82 Å². The van der Waals surface area contributed by atoms with E-state index in [1.54, 1.807) is 24.4 Å². The third kappa shape index (κ3) is 5.05. The SMILES string of the molecule is CCNc1ncc2cc(-c3c(Cl)cccc3Cl)c(NC(=O)NC(C)(C)C)nc2n1. The van der Waals surface area contributed by atoms with E-state index in [1.165, 1.54) is 0 Å². The number of nitrogens with one attached hydrogen (secondary N) is 3. The van der Waals surface area contributed by atoms with Gasteiger partial charge in [0.25, 0.3) is 0 Å². The Morgan fingerprint density at radius 2 is 1.83 bits per heavy atom. The van der Waals surface area contributed by atoms with Crippen molar-refractivity contribution in [2.45, 2.75) is 33.2 Å². The molecule has 0 aliphatic heterocycles. The molecule has 0 atom stereocenters. The molecule has 1 aromatic carbocycles. The van der Waals surface area contributed by atoms with Gasteiger partial charge in [0, 0.05) is 34.8 Å². The lowest BCUT2D eigenvalue weighted by molar-refractivity contribution is 0.243. The second-order valence-electron chi connectivity index (χ2n) is 7.45. The largest absolute Gasteiger partial charge is 0.354 e. The van der Waals surface area contributed by atoms with Crippen LogP contribution in [-0.2, 0) is 0 Å². The number of amides is 2. The Hall–Kier alpha value is -2.64. The zero-order valence-corrected chi connectivity index (χ0v) is 18.1. The van der Waals surface area contributed by atoms with Crippen molar-refractivity contribution in [3.8, 4) is 11.1 Å². The molecule has 0 spiro atoms. The van der Waals surface area contributed by atoms with E-state index in [9.17, 15) is 4.79 Å². The molecular weight excluding hydrogens is 411 g/mol. The first kappa shape index (κ1) is 21.1. The Balaban J connectivity index is 2.16. The summed E-state index contributed by atoms with van der Waals surface area (Å²) in [5, 5.41) is 10.3. The Labute approximate surface area is 179 Å². The number of hydrogen-bond donors (Lipinski definition) is 3. The standard InChI is InChI=1S/C20H22Cl2N6O/c1-5-23-18-24-10-11-9-12(15-13(21)7-6-8-14(15)22)17(25-16(11)26-18)27-19(29)28-20(2,3)4/h6-10H,5H2,1-4H3,(H3,23,24,25,26,27,28,29). The third-order valence-electron chi connectivity index (χ3n) is 3.86. The molecule has 9 heteroatoms. The minimum atomic E-state index is -0.413. The summed E-state index contributed by atoms with van der Waals surface area (Å²) >= 11 is 12.8. The van der Waals surface area contributed by atoms with Gasteiger partial charge < -0.3 is 10.6 Å². The lowest BCUT2D eigenvalue weighted by Gasteiger charge is -2.21. The molecule has 3 N–H and O–H groups in total. The summed E-state index contributed by atoms with van der Waals surface area (Å²) in [4.78, 5) is 25.8. The molecule has 0 bridgehead atoms. The molecule has 3 aromatic rings. The van der Waals surface area contributed by atoms with Crippen molar-refractivity contribution in [2.75, 3.05) is 17.2 Å². The number of hydrogen-bond acceptors (Lipinski definition) is 5. The fourth-order valence-corrected chi connectivity index (χ4v) is 3.33. The van der Waals surface area contributed by atoms with Crippen LogP contribution in [0.4, 0.5) is 16.6 Å². The molecule has 0 fully saturated rings. The van der Waals surface area contributed by atoms with Crippen LogP contribution in [0.3, 0.4) is 0 Å². The number of aromatic nitrogens is 3. The fourth-order valence-electron chi connectivity index (χ4n) is 2.73. The highest BCUT2D eigenvalue weighted by atomic mass is 35.5. The fraction of sp³-hybridized carbons (Fsp3) is 0.300. The van der Waals surface area contributed by atoms with Gasteiger partial charge in [-0.1, -0.05) is 29.3 Å². The molecule has 0 saturated heterocycles. The smallest absolute Gasteiger partial charge is 0.320 e. The Bertz CT molecular complexity index is 1040. The van der Waals surface area contributed by atoms with Gasteiger partial charge in [-0.25, -0.2) is 14.8 Å². The van der Waals surface area contributed by atoms with E-state index < -0.39 is 11.6 Å². The molecule has 7 nitrogen and oxygen atoms in total. The monoisotopic (exact) mass is 432 g/mol. The van der Waals surface area contributed by atoms with Gasteiger partial charge >= 0.3 is 6.03 Å². The van der Waals surface area contributed by atoms with Crippen molar-refractivity contribution in [3.63, 3.8) is 0 Å². The molecule has 0 radical (unpaired) electrons. The molecule has 2 amide bonds. The number of urea groups is 1. The van der Waals surface area contributed by atoms with Gasteiger partial charge in [-0.15, -0.1) is 0 Å². The van der Waals surface area contributed by atoms with E-state index in [-0.39, 0.29) is 0 Å². The number of carbonyl (C=O) groups is 1. The molecular formula is C20H22Cl2N6O. The summed E-state index contributed by atoms with van der Waals surface area (Å²) < 4.78 is 0. The Morgan fingerprint density at radius 1 is 1.14 bits per heavy atom. The van der Waals surface area contributed by atoms with Crippen molar-refractivity contribution >= 4 is 52.0 Å². The highest BCUT2D eigenvalue weighted by molar-refractivity contribution is 6.39. The molecule has 29 heavy (non-hydrogen) atoms. The summed E-state index contributed by atoms with van der Waals surface area (Å²) in [5.41, 5.74) is 1.18. The van der Waals surface area contributed by atoms with E-state index in [4.69, 9.17) is 23.2 Å². The number of rotatable bonds is 4. The molecule has 0 aliphatic rings. The summed E-state index contributed by atoms with van der Waals surface area (Å²) in [5.74, 6) is 0.761. The van der Waals surface area contributed by atoms with Crippen LogP contribution in [0.25, 0.3) is 22.2 Å². The second-order valence-corrected chi connectivity index (χ2v) is 8.26. The highest BCUT2D eigenvalue weighted by Gasteiger charge is 2.20. The summed E-state index contributed by atoms with van der Waals surface area (Å²) in [6.45, 7) is 8.30. The normalized spacial score (nSPS) is 11.4. The molecule has 0 aliphatic carbocycles. The highest BCUT2D eigenvalue weighted by Crippen LogP contribution is 2.39. The zero-order chi connectivity index (χ0) is 21.2. The quantitative estimate of drug-likeness (QED) is 0.516. The first-order valence-corrected chi connectivity index (χ1v) is 9.88. The second kappa shape index (κ2) is 8.39. The predicted molar refractivity (Wildman–Crippen MR) is 119 cm³/mol. The average Bonchev–Trinajstić information content (AvgIpc) is 2.60. The van der Waals surface area contributed by atoms with Gasteiger partial charge in [0.05, 0.1) is 10.0 Å². The molecule has 3 rings (SSSR count). The van der Waals surface area contributed by atoms with E-state index >= 15 is 0 Å². The number of anilines is 2. The predicted octanol–water partition coefficient (Wildman–Crippen LogP) is 5.35. The topological polar surface area (TPSA) is 91.8 Å². The summed E-state index contributed by atoms with van der Waals surface area (Å²) in [6.07, 6.45) is 1.67. The van der Waals surface area contributed by atoms with Gasteiger partial charge in [0.15, 0.2) is 5.65 Å². The van der Waals surface area contributed by atoms with Gasteiger partial charge in [0.2, 0.25) is 5.95 Å². The van der Waals surface area contributed by atoms with Crippen molar-refractivity contribution in [1.29, 1.82) is 0 Å². The maximum atomic E-state index is 12.5. The lowest BCUT2D eigenvalue weighted by atomic mass is 10.0. The lowest BCUT2D eigenvalue weighted by Crippen LogP contribution is -2.43. The minimum absolute atomic E-state index is 0.301. The van der Waals surface area contributed by atoms with E-state index in [0.29, 0.717) is 50.5 Å². The number of pyridine rings is 1. The number of fused-ring (bicyclic) bond motifs is 1. The maximum Gasteiger partial charge on any atom is 0.320 e.